The van der Waals surface area contributed by atoms with Crippen LogP contribution < -0.4 is 5.43 Å². The first-order valence-electron chi connectivity index (χ1n) is 7.06. The summed E-state index contributed by atoms with van der Waals surface area (Å²) in [7, 11) is 0. The fourth-order valence-corrected chi connectivity index (χ4v) is 1.92. The molecular weight excluding hydrogens is 244 g/mol. The van der Waals surface area contributed by atoms with Gasteiger partial charge in [-0.3, -0.25) is 5.43 Å². The van der Waals surface area contributed by atoms with Crippen LogP contribution in [0.25, 0.3) is 0 Å². The lowest BCUT2D eigenvalue weighted by molar-refractivity contribution is 0.506. The number of para-hydroxylation sites is 1. The minimum atomic E-state index is 0.234. The van der Waals surface area contributed by atoms with Crippen molar-refractivity contribution < 1.29 is 0 Å². The molecule has 20 heavy (non-hydrogen) atoms. The maximum Gasteiger partial charge on any atom is 0.0561 e. The Balaban J connectivity index is 2.01. The minimum absolute atomic E-state index is 0.234. The molecule has 0 fully saturated rings. The van der Waals surface area contributed by atoms with Gasteiger partial charge in [0.2, 0.25) is 0 Å². The molecule has 0 atom stereocenters. The molecule has 0 unspecified atom stereocenters. The molecule has 0 saturated carbocycles. The van der Waals surface area contributed by atoms with Gasteiger partial charge in [0.05, 0.1) is 11.9 Å². The number of benzene rings is 2. The smallest absolute Gasteiger partial charge is 0.0561 e. The Kier molecular flexibility index (Phi) is 4.57. The van der Waals surface area contributed by atoms with Gasteiger partial charge in [-0.15, -0.1) is 0 Å². The normalized spacial score (nSPS) is 11.8. The highest BCUT2D eigenvalue weighted by molar-refractivity contribution is 5.80. The lowest BCUT2D eigenvalue weighted by Crippen LogP contribution is -2.15. The van der Waals surface area contributed by atoms with Gasteiger partial charge in [-0.2, -0.15) is 5.10 Å². The fourth-order valence-electron chi connectivity index (χ4n) is 1.92. The quantitative estimate of drug-likeness (QED) is 0.609. The van der Waals surface area contributed by atoms with Gasteiger partial charge in [-0.1, -0.05) is 63.2 Å². The molecular formula is C18H22N2. The lowest BCUT2D eigenvalue weighted by Gasteiger charge is -2.23. The Labute approximate surface area is 121 Å². The minimum Gasteiger partial charge on any atom is -0.279 e. The third-order valence-corrected chi connectivity index (χ3v) is 3.76. The van der Waals surface area contributed by atoms with Crippen molar-refractivity contribution in [3.63, 3.8) is 0 Å². The third kappa shape index (κ3) is 3.70. The topological polar surface area (TPSA) is 24.4 Å². The van der Waals surface area contributed by atoms with Crippen LogP contribution in [0.15, 0.2) is 59.7 Å². The largest absolute Gasteiger partial charge is 0.279 e. The zero-order chi connectivity index (χ0) is 14.4. The van der Waals surface area contributed by atoms with Crippen LogP contribution in [0, 0.1) is 0 Å². The summed E-state index contributed by atoms with van der Waals surface area (Å²) in [5.74, 6) is 0. The SMILES string of the molecule is CCC(C)(C)c1ccc(C=NNc2ccccc2)cc1. The van der Waals surface area contributed by atoms with Gasteiger partial charge in [0.25, 0.3) is 0 Å². The number of nitrogens with zero attached hydrogens (tertiary/aromatic N) is 1. The predicted octanol–water partition coefficient (Wildman–Crippen LogP) is 4.82. The monoisotopic (exact) mass is 266 g/mol. The van der Waals surface area contributed by atoms with Crippen LogP contribution in [0.2, 0.25) is 0 Å². The summed E-state index contributed by atoms with van der Waals surface area (Å²) in [4.78, 5) is 0. The van der Waals surface area contributed by atoms with E-state index in [4.69, 9.17) is 0 Å². The number of hydrogen-bond acceptors (Lipinski definition) is 2. The first-order valence-corrected chi connectivity index (χ1v) is 7.06. The molecule has 2 aromatic rings. The standard InChI is InChI=1S/C18H22N2/c1-4-18(2,3)16-12-10-15(11-13-16)14-19-20-17-8-6-5-7-9-17/h5-14,20H,4H2,1-3H3. The highest BCUT2D eigenvalue weighted by Crippen LogP contribution is 2.26. The van der Waals surface area contributed by atoms with Gasteiger partial charge in [0.1, 0.15) is 0 Å². The van der Waals surface area contributed by atoms with Crippen molar-refractivity contribution in [2.45, 2.75) is 32.6 Å². The number of anilines is 1. The molecule has 0 radical (unpaired) electrons. The van der Waals surface area contributed by atoms with E-state index in [9.17, 15) is 0 Å². The van der Waals surface area contributed by atoms with E-state index >= 15 is 0 Å². The first kappa shape index (κ1) is 14.3. The summed E-state index contributed by atoms with van der Waals surface area (Å²) in [6.07, 6.45) is 2.98. The summed E-state index contributed by atoms with van der Waals surface area (Å²) < 4.78 is 0. The predicted molar refractivity (Wildman–Crippen MR) is 87.4 cm³/mol. The molecule has 0 bridgehead atoms. The van der Waals surface area contributed by atoms with Crippen LogP contribution in [-0.4, -0.2) is 6.21 Å². The molecule has 0 heterocycles. The molecule has 0 aromatic heterocycles. The molecule has 0 spiro atoms. The van der Waals surface area contributed by atoms with Crippen LogP contribution in [-0.2, 0) is 5.41 Å². The van der Waals surface area contributed by atoms with Crippen LogP contribution in [0.5, 0.6) is 0 Å². The molecule has 0 amide bonds. The van der Waals surface area contributed by atoms with Crippen LogP contribution in [0.4, 0.5) is 5.69 Å². The number of rotatable bonds is 5. The molecule has 0 aliphatic rings. The summed E-state index contributed by atoms with van der Waals surface area (Å²) >= 11 is 0. The first-order chi connectivity index (χ1) is 9.62. The van der Waals surface area contributed by atoms with Gasteiger partial charge in [-0.25, -0.2) is 0 Å². The van der Waals surface area contributed by atoms with E-state index in [2.05, 4.69) is 55.6 Å². The van der Waals surface area contributed by atoms with Crippen molar-refractivity contribution in [1.82, 2.24) is 0 Å². The molecule has 1 N–H and O–H groups in total. The molecule has 2 rings (SSSR count). The summed E-state index contributed by atoms with van der Waals surface area (Å²) in [6.45, 7) is 6.76. The Bertz CT molecular complexity index is 554. The Hall–Kier alpha value is -2.09. The van der Waals surface area contributed by atoms with Gasteiger partial charge in [-0.05, 0) is 35.1 Å². The van der Waals surface area contributed by atoms with Gasteiger partial charge in [0, 0.05) is 0 Å². The average molecular weight is 266 g/mol. The lowest BCUT2D eigenvalue weighted by atomic mass is 9.82. The van der Waals surface area contributed by atoms with Crippen LogP contribution in [0.3, 0.4) is 0 Å². The van der Waals surface area contributed by atoms with E-state index in [1.54, 1.807) is 0 Å². The van der Waals surface area contributed by atoms with Crippen molar-refractivity contribution in [2.75, 3.05) is 5.43 Å². The van der Waals surface area contributed by atoms with Crippen molar-refractivity contribution in [2.24, 2.45) is 5.10 Å². The Morgan fingerprint density at radius 2 is 1.65 bits per heavy atom. The van der Waals surface area contributed by atoms with Crippen LogP contribution in [0.1, 0.15) is 38.3 Å². The zero-order valence-corrected chi connectivity index (χ0v) is 12.4. The van der Waals surface area contributed by atoms with Crippen molar-refractivity contribution in [3.05, 3.63) is 65.7 Å². The maximum absolute atomic E-state index is 4.25. The number of hydrogen-bond donors (Lipinski definition) is 1. The fraction of sp³-hybridized carbons (Fsp3) is 0.278. The molecule has 2 heteroatoms. The summed E-state index contributed by atoms with van der Waals surface area (Å²) in [5, 5.41) is 4.25. The van der Waals surface area contributed by atoms with Crippen molar-refractivity contribution >= 4 is 11.9 Å². The van der Waals surface area contributed by atoms with E-state index in [1.807, 2.05) is 36.5 Å². The average Bonchev–Trinajstić information content (AvgIpc) is 2.49. The molecule has 104 valence electrons. The summed E-state index contributed by atoms with van der Waals surface area (Å²) in [5.41, 5.74) is 6.72. The molecule has 2 aromatic carbocycles. The molecule has 0 aliphatic carbocycles. The van der Waals surface area contributed by atoms with Gasteiger partial charge in [0.15, 0.2) is 0 Å². The van der Waals surface area contributed by atoms with E-state index in [-0.39, 0.29) is 5.41 Å². The number of nitrogens with one attached hydrogen (secondary N) is 1. The van der Waals surface area contributed by atoms with E-state index in [0.717, 1.165) is 17.7 Å². The van der Waals surface area contributed by atoms with E-state index < -0.39 is 0 Å². The van der Waals surface area contributed by atoms with Crippen molar-refractivity contribution in [3.8, 4) is 0 Å². The third-order valence-electron chi connectivity index (χ3n) is 3.76. The van der Waals surface area contributed by atoms with E-state index in [1.165, 1.54) is 5.56 Å². The molecule has 0 saturated heterocycles. The second-order valence-electron chi connectivity index (χ2n) is 5.60. The molecule has 0 aliphatic heterocycles. The Morgan fingerprint density at radius 3 is 2.25 bits per heavy atom. The van der Waals surface area contributed by atoms with Gasteiger partial charge < -0.3 is 0 Å². The van der Waals surface area contributed by atoms with Gasteiger partial charge >= 0.3 is 0 Å². The Morgan fingerprint density at radius 1 is 1.00 bits per heavy atom. The van der Waals surface area contributed by atoms with E-state index in [0.29, 0.717) is 0 Å². The second kappa shape index (κ2) is 6.38. The maximum atomic E-state index is 4.25. The highest BCUT2D eigenvalue weighted by atomic mass is 15.3. The number of hydrazone groups is 1. The zero-order valence-electron chi connectivity index (χ0n) is 12.4. The summed E-state index contributed by atoms with van der Waals surface area (Å²) in [6, 6.07) is 18.5. The van der Waals surface area contributed by atoms with Crippen LogP contribution >= 0.6 is 0 Å². The molecule has 2 nitrogen and oxygen atoms in total. The second-order valence-corrected chi connectivity index (χ2v) is 5.60. The highest BCUT2D eigenvalue weighted by Gasteiger charge is 2.17. The van der Waals surface area contributed by atoms with Crippen molar-refractivity contribution in [1.29, 1.82) is 0 Å².